The Hall–Kier alpha value is -4.50. The Morgan fingerprint density at radius 1 is 1.05 bits per heavy atom. The van der Waals surface area contributed by atoms with Gasteiger partial charge in [-0.15, -0.1) is 0 Å². The van der Waals surface area contributed by atoms with E-state index < -0.39 is 41.0 Å². The molecule has 224 valence electrons. The normalized spacial score (nSPS) is 16.2. The number of piperazine rings is 1. The lowest BCUT2D eigenvalue weighted by atomic mass is 9.98. The van der Waals surface area contributed by atoms with Gasteiger partial charge in [0.05, 0.1) is 30.3 Å². The molecule has 5 rings (SSSR count). The maximum atomic E-state index is 13.7. The van der Waals surface area contributed by atoms with Crippen LogP contribution in [0.15, 0.2) is 67.1 Å². The fourth-order valence-electron chi connectivity index (χ4n) is 5.20. The van der Waals surface area contributed by atoms with Gasteiger partial charge in [0.25, 0.3) is 5.91 Å². The second-order valence-electron chi connectivity index (χ2n) is 10.1. The van der Waals surface area contributed by atoms with Crippen LogP contribution in [0.2, 0.25) is 0 Å². The van der Waals surface area contributed by atoms with Crippen molar-refractivity contribution in [3.8, 4) is 17.6 Å². The van der Waals surface area contributed by atoms with Crippen LogP contribution in [0.5, 0.6) is 5.75 Å². The summed E-state index contributed by atoms with van der Waals surface area (Å²) in [5.74, 6) is 5.76. The van der Waals surface area contributed by atoms with E-state index in [2.05, 4.69) is 21.8 Å². The minimum Gasteiger partial charge on any atom is -0.495 e. The molecule has 0 saturated carbocycles. The quantitative estimate of drug-likeness (QED) is 0.225. The summed E-state index contributed by atoms with van der Waals surface area (Å²) in [6.07, 6.45) is -4.85. The van der Waals surface area contributed by atoms with Crippen molar-refractivity contribution >= 4 is 16.8 Å². The molecular formula is C31H26F6N4O2. The van der Waals surface area contributed by atoms with Crippen molar-refractivity contribution in [1.29, 1.82) is 0 Å². The second-order valence-corrected chi connectivity index (χ2v) is 10.1. The minimum absolute atomic E-state index is 0.0219. The van der Waals surface area contributed by atoms with E-state index in [1.165, 1.54) is 12.0 Å². The van der Waals surface area contributed by atoms with Gasteiger partial charge in [-0.3, -0.25) is 14.7 Å². The predicted molar refractivity (Wildman–Crippen MR) is 147 cm³/mol. The zero-order valence-electron chi connectivity index (χ0n) is 22.9. The van der Waals surface area contributed by atoms with E-state index in [1.54, 1.807) is 24.7 Å². The van der Waals surface area contributed by atoms with Crippen LogP contribution in [-0.2, 0) is 18.8 Å². The Morgan fingerprint density at radius 2 is 1.77 bits per heavy atom. The number of ether oxygens (including phenoxy) is 1. The molecule has 43 heavy (non-hydrogen) atoms. The highest BCUT2D eigenvalue weighted by atomic mass is 19.4. The Labute approximate surface area is 243 Å². The third kappa shape index (κ3) is 6.78. The number of halogens is 6. The molecule has 0 unspecified atom stereocenters. The first-order chi connectivity index (χ1) is 20.4. The van der Waals surface area contributed by atoms with E-state index in [0.29, 0.717) is 49.5 Å². The monoisotopic (exact) mass is 600 g/mol. The van der Waals surface area contributed by atoms with E-state index in [9.17, 15) is 31.1 Å². The number of methoxy groups -OCH3 is 1. The average molecular weight is 601 g/mol. The van der Waals surface area contributed by atoms with Crippen molar-refractivity contribution < 1.29 is 35.9 Å². The molecule has 2 aromatic heterocycles. The van der Waals surface area contributed by atoms with Gasteiger partial charge in [-0.1, -0.05) is 30.0 Å². The molecule has 0 bridgehead atoms. The van der Waals surface area contributed by atoms with Crippen LogP contribution in [0.1, 0.15) is 32.6 Å². The number of nitrogens with zero attached hydrogens (tertiary/aromatic N) is 3. The van der Waals surface area contributed by atoms with Gasteiger partial charge in [0.1, 0.15) is 5.75 Å². The zero-order valence-corrected chi connectivity index (χ0v) is 22.9. The summed E-state index contributed by atoms with van der Waals surface area (Å²) >= 11 is 0. The number of carbonyl (C=O) groups excluding carboxylic acids is 1. The molecule has 0 radical (unpaired) electrons. The Balaban J connectivity index is 1.45. The number of benzene rings is 2. The topological polar surface area (TPSA) is 61.5 Å². The van der Waals surface area contributed by atoms with Gasteiger partial charge in [-0.05, 0) is 42.3 Å². The number of nitrogens with one attached hydrogen (secondary N) is 1. The van der Waals surface area contributed by atoms with Crippen LogP contribution in [0.4, 0.5) is 26.3 Å². The van der Waals surface area contributed by atoms with E-state index >= 15 is 0 Å². The molecule has 3 heterocycles. The van der Waals surface area contributed by atoms with Crippen molar-refractivity contribution in [2.75, 3.05) is 33.3 Å². The number of amides is 1. The molecule has 1 atom stereocenters. The molecule has 2 aromatic carbocycles. The van der Waals surface area contributed by atoms with Crippen molar-refractivity contribution in [1.82, 2.24) is 19.8 Å². The van der Waals surface area contributed by atoms with Crippen molar-refractivity contribution in [3.63, 3.8) is 0 Å². The molecule has 12 heteroatoms. The van der Waals surface area contributed by atoms with E-state index in [1.807, 2.05) is 29.2 Å². The molecule has 1 aliphatic heterocycles. The van der Waals surface area contributed by atoms with Gasteiger partial charge in [0, 0.05) is 60.7 Å². The number of H-pyrrole nitrogens is 1. The highest BCUT2D eigenvalue weighted by molar-refractivity contribution is 5.95. The average Bonchev–Trinajstić information content (AvgIpc) is 3.39. The molecule has 0 aliphatic carbocycles. The lowest BCUT2D eigenvalue weighted by Gasteiger charge is -2.41. The van der Waals surface area contributed by atoms with Crippen LogP contribution < -0.4 is 4.74 Å². The van der Waals surface area contributed by atoms with Gasteiger partial charge in [-0.2, -0.15) is 26.3 Å². The second kappa shape index (κ2) is 12.0. The number of fused-ring (bicyclic) bond motifs is 1. The molecule has 4 aromatic rings. The van der Waals surface area contributed by atoms with Crippen LogP contribution in [0.25, 0.3) is 10.9 Å². The number of carbonyl (C=O) groups is 1. The molecule has 1 amide bonds. The summed E-state index contributed by atoms with van der Waals surface area (Å²) in [4.78, 5) is 24.2. The Kier molecular flexibility index (Phi) is 8.37. The van der Waals surface area contributed by atoms with Gasteiger partial charge < -0.3 is 14.6 Å². The zero-order chi connectivity index (χ0) is 30.8. The number of aromatic amines is 1. The van der Waals surface area contributed by atoms with Crippen LogP contribution in [-0.4, -0.2) is 65.0 Å². The number of pyridine rings is 1. The number of alkyl halides is 6. The summed E-state index contributed by atoms with van der Waals surface area (Å²) in [6.45, 7) is 1.02. The highest BCUT2D eigenvalue weighted by Gasteiger charge is 2.39. The predicted octanol–water partition coefficient (Wildman–Crippen LogP) is 6.03. The van der Waals surface area contributed by atoms with E-state index in [-0.39, 0.29) is 12.6 Å². The largest absolute Gasteiger partial charge is 0.495 e. The Bertz CT molecular complexity index is 1650. The molecule has 1 saturated heterocycles. The third-order valence-electron chi connectivity index (χ3n) is 7.32. The van der Waals surface area contributed by atoms with Crippen molar-refractivity contribution in [2.24, 2.45) is 0 Å². The lowest BCUT2D eigenvalue weighted by molar-refractivity contribution is -0.143. The van der Waals surface area contributed by atoms with Gasteiger partial charge in [-0.25, -0.2) is 0 Å². The summed E-state index contributed by atoms with van der Waals surface area (Å²) in [7, 11) is 1.52. The summed E-state index contributed by atoms with van der Waals surface area (Å²) in [5, 5.41) is 0.911. The van der Waals surface area contributed by atoms with Crippen LogP contribution in [0, 0.1) is 11.8 Å². The fourth-order valence-corrected chi connectivity index (χ4v) is 5.20. The fraction of sp³-hybridized carbons (Fsp3) is 0.290. The summed E-state index contributed by atoms with van der Waals surface area (Å²) in [6, 6.07) is 9.64. The number of hydrogen-bond acceptors (Lipinski definition) is 4. The number of para-hydroxylation sites is 1. The maximum Gasteiger partial charge on any atom is 0.416 e. The van der Waals surface area contributed by atoms with Gasteiger partial charge in [0.15, 0.2) is 0 Å². The third-order valence-corrected chi connectivity index (χ3v) is 7.32. The first kappa shape index (κ1) is 30.0. The maximum absolute atomic E-state index is 13.7. The number of aromatic nitrogens is 2. The molecular weight excluding hydrogens is 574 g/mol. The standard InChI is InChI=1S/C31H26F6N4O2/c1-43-28-8-9-38-17-20(28)5-4-10-40-11-12-41(25(19-40)15-22-18-39-27-7-3-2-6-26(22)27)29(42)21-13-23(30(32,33)34)16-24(14-21)31(35,36)37/h2-3,6-9,13-14,16-18,25,39H,10-12,15,19H2,1H3/t25-/m1/s1. The van der Waals surface area contributed by atoms with Crippen LogP contribution >= 0.6 is 0 Å². The first-order valence-corrected chi connectivity index (χ1v) is 13.3. The van der Waals surface area contributed by atoms with Gasteiger partial charge in [0.2, 0.25) is 0 Å². The first-order valence-electron chi connectivity index (χ1n) is 13.3. The molecule has 0 spiro atoms. The van der Waals surface area contributed by atoms with Crippen molar-refractivity contribution in [2.45, 2.75) is 24.8 Å². The molecule has 1 N–H and O–H groups in total. The minimum atomic E-state index is -5.06. The van der Waals surface area contributed by atoms with Crippen LogP contribution in [0.3, 0.4) is 0 Å². The van der Waals surface area contributed by atoms with E-state index in [4.69, 9.17) is 4.74 Å². The van der Waals surface area contributed by atoms with E-state index in [0.717, 1.165) is 16.5 Å². The highest BCUT2D eigenvalue weighted by Crippen LogP contribution is 2.37. The number of hydrogen-bond donors (Lipinski definition) is 1. The lowest BCUT2D eigenvalue weighted by Crippen LogP contribution is -2.56. The van der Waals surface area contributed by atoms with Crippen molar-refractivity contribution in [3.05, 3.63) is 94.9 Å². The SMILES string of the molecule is COc1ccncc1C#CCN1CCN(C(=O)c2cc(C(F)(F)F)cc(C(F)(F)F)c2)[C@H](Cc2c[nH]c3ccccc23)C1. The molecule has 1 aliphatic rings. The molecule has 1 fully saturated rings. The smallest absolute Gasteiger partial charge is 0.416 e. The summed E-state index contributed by atoms with van der Waals surface area (Å²) < 4.78 is 86.5. The molecule has 6 nitrogen and oxygen atoms in total. The van der Waals surface area contributed by atoms with Gasteiger partial charge >= 0.3 is 12.4 Å². The Morgan fingerprint density at radius 3 is 2.47 bits per heavy atom. The number of rotatable bonds is 5. The summed E-state index contributed by atoms with van der Waals surface area (Å²) in [5.41, 5.74) is -1.39.